The summed E-state index contributed by atoms with van der Waals surface area (Å²) in [5.41, 5.74) is 1.40. The summed E-state index contributed by atoms with van der Waals surface area (Å²) in [4.78, 5) is 13.2. The molecule has 0 bridgehead atoms. The van der Waals surface area contributed by atoms with E-state index < -0.39 is 47.6 Å². The van der Waals surface area contributed by atoms with Gasteiger partial charge in [-0.15, -0.1) is 5.10 Å². The van der Waals surface area contributed by atoms with Gasteiger partial charge in [-0.2, -0.15) is 4.31 Å². The molecule has 17 heteroatoms. The lowest BCUT2D eigenvalue weighted by Crippen LogP contribution is -2.41. The molecular weight excluding hydrogens is 810 g/mol. The van der Waals surface area contributed by atoms with E-state index in [9.17, 15) is 13.2 Å². The van der Waals surface area contributed by atoms with Gasteiger partial charge in [0.15, 0.2) is 5.82 Å². The van der Waals surface area contributed by atoms with Gasteiger partial charge in [-0.1, -0.05) is 72.8 Å². The number of carbonyl (C=O) groups excluding carboxylic acids is 1. The normalized spacial score (nSPS) is 15.0. The van der Waals surface area contributed by atoms with Crippen LogP contribution in [0, 0.1) is 0 Å². The Labute approximate surface area is 329 Å². The van der Waals surface area contributed by atoms with E-state index >= 15 is 8.42 Å². The molecule has 4 aromatic carbocycles. The van der Waals surface area contributed by atoms with Crippen LogP contribution >= 0.6 is 15.9 Å². The van der Waals surface area contributed by atoms with Crippen molar-refractivity contribution in [3.8, 4) is 17.1 Å². The van der Waals surface area contributed by atoms with Gasteiger partial charge in [0, 0.05) is 36.7 Å². The largest absolute Gasteiger partial charge is 0.497 e. The zero-order chi connectivity index (χ0) is 39.4. The van der Waals surface area contributed by atoms with E-state index in [-0.39, 0.29) is 55.0 Å². The second-order valence-electron chi connectivity index (χ2n) is 14.0. The Bertz CT molecular complexity index is 2300. The summed E-state index contributed by atoms with van der Waals surface area (Å²) in [6, 6.07) is 27.3. The number of hydrogen-bond acceptors (Lipinski definition) is 10. The molecule has 1 N–H and O–H groups in total. The van der Waals surface area contributed by atoms with Crippen molar-refractivity contribution in [2.24, 2.45) is 0 Å². The Hall–Kier alpha value is -4.68. The molecule has 1 amide bonds. The van der Waals surface area contributed by atoms with Crippen LogP contribution in [-0.2, 0) is 44.4 Å². The van der Waals surface area contributed by atoms with E-state index in [0.717, 1.165) is 5.56 Å². The maximum atomic E-state index is 15.4. The molecule has 1 fully saturated rings. The van der Waals surface area contributed by atoms with Gasteiger partial charge in [-0.05, 0) is 94.5 Å². The first-order chi connectivity index (χ1) is 26.1. The van der Waals surface area contributed by atoms with Crippen molar-refractivity contribution in [2.75, 3.05) is 20.2 Å². The molecule has 0 radical (unpaired) electrons. The molecule has 0 aliphatic carbocycles. The van der Waals surface area contributed by atoms with Crippen molar-refractivity contribution in [3.63, 3.8) is 0 Å². The maximum absolute atomic E-state index is 15.4. The minimum Gasteiger partial charge on any atom is -0.497 e. The van der Waals surface area contributed by atoms with Crippen molar-refractivity contribution in [2.45, 2.75) is 68.3 Å². The third kappa shape index (κ3) is 9.59. The molecule has 6 rings (SSSR count). The minimum absolute atomic E-state index is 0.0228. The number of rotatable bonds is 13. The molecule has 14 nitrogen and oxygen atoms in total. The minimum atomic E-state index is -4.69. The van der Waals surface area contributed by atoms with Gasteiger partial charge in [0.2, 0.25) is 20.0 Å². The fourth-order valence-electron chi connectivity index (χ4n) is 6.17. The number of carbonyl (C=O) groups is 1. The number of likely N-dealkylation sites (tertiary alicyclic amines) is 1. The number of hydrogen-bond donors (Lipinski definition) is 1. The van der Waals surface area contributed by atoms with E-state index in [2.05, 4.69) is 36.2 Å². The van der Waals surface area contributed by atoms with Crippen molar-refractivity contribution < 1.29 is 31.1 Å². The van der Waals surface area contributed by atoms with E-state index in [1.165, 1.54) is 26.0 Å². The van der Waals surface area contributed by atoms with Crippen molar-refractivity contribution >= 4 is 42.1 Å². The summed E-state index contributed by atoms with van der Waals surface area (Å²) in [5, 5.41) is 12.3. The quantitative estimate of drug-likeness (QED) is 0.152. The number of nitrogens with zero attached hydrogens (tertiary/aromatic N) is 6. The predicted molar refractivity (Wildman–Crippen MR) is 209 cm³/mol. The molecular formula is C38H42BrN7O7S2. The highest BCUT2D eigenvalue weighted by molar-refractivity contribution is 9.10. The summed E-state index contributed by atoms with van der Waals surface area (Å²) in [6.07, 6.45) is -0.275. The van der Waals surface area contributed by atoms with E-state index in [1.807, 2.05) is 48.5 Å². The van der Waals surface area contributed by atoms with Crippen LogP contribution in [0.2, 0.25) is 0 Å². The second kappa shape index (κ2) is 16.6. The van der Waals surface area contributed by atoms with Crippen LogP contribution in [0.3, 0.4) is 0 Å². The Morgan fingerprint density at radius 2 is 1.51 bits per heavy atom. The maximum Gasteiger partial charge on any atom is 0.410 e. The average molecular weight is 853 g/mol. The fourth-order valence-corrected chi connectivity index (χ4v) is 10.5. The highest BCUT2D eigenvalue weighted by Gasteiger charge is 2.39. The lowest BCUT2D eigenvalue weighted by molar-refractivity contribution is 0.0292. The van der Waals surface area contributed by atoms with E-state index in [0.29, 0.717) is 16.9 Å². The number of aromatic nitrogens is 4. The van der Waals surface area contributed by atoms with Crippen LogP contribution in [0.4, 0.5) is 4.79 Å². The zero-order valence-electron chi connectivity index (χ0n) is 30.8. The van der Waals surface area contributed by atoms with Crippen LogP contribution in [0.25, 0.3) is 11.4 Å². The van der Waals surface area contributed by atoms with Gasteiger partial charge in [0.25, 0.3) is 0 Å². The highest BCUT2D eigenvalue weighted by Crippen LogP contribution is 2.40. The molecule has 290 valence electrons. The first-order valence-corrected chi connectivity index (χ1v) is 21.2. The summed E-state index contributed by atoms with van der Waals surface area (Å²) in [6.45, 7) is 5.53. The molecule has 1 atom stereocenters. The highest BCUT2D eigenvalue weighted by atomic mass is 79.9. The summed E-state index contributed by atoms with van der Waals surface area (Å²) in [5.74, 6) is 0.672. The zero-order valence-corrected chi connectivity index (χ0v) is 34.0. The third-order valence-corrected chi connectivity index (χ3v) is 13.0. The average Bonchev–Trinajstić information content (AvgIpc) is 3.81. The standard InChI is InChI=1S/C38H42BrN7O7S2/c1-38(2,3)53-37(47)44-22-21-30(26-44)41-54(48,49)33-20-19-32(39)34(36-40-42-43-46(36)25-29-15-17-31(52-4)18-16-29)35(33)55(50,51)45(23-27-11-7-5-8-12-27)24-28-13-9-6-10-14-28/h5-20,30,41H,21-26H2,1-4H3/t30-/m1/s1. The van der Waals surface area contributed by atoms with E-state index in [4.69, 9.17) is 9.47 Å². The number of ether oxygens (including phenoxy) is 2. The molecule has 1 aliphatic rings. The van der Waals surface area contributed by atoms with Crippen LogP contribution in [0.5, 0.6) is 5.75 Å². The lowest BCUT2D eigenvalue weighted by Gasteiger charge is -2.26. The number of halogens is 1. The molecule has 0 unspecified atom stereocenters. The van der Waals surface area contributed by atoms with E-state index in [1.54, 1.807) is 64.3 Å². The van der Waals surface area contributed by atoms with Crippen molar-refractivity contribution in [1.82, 2.24) is 34.1 Å². The van der Waals surface area contributed by atoms with Gasteiger partial charge in [0.05, 0.1) is 19.2 Å². The van der Waals surface area contributed by atoms with Gasteiger partial charge in [0.1, 0.15) is 21.1 Å². The molecule has 5 aromatic rings. The Balaban J connectivity index is 1.48. The second-order valence-corrected chi connectivity index (χ2v) is 18.4. The molecule has 1 aromatic heterocycles. The SMILES string of the molecule is COc1ccc(Cn2nnnc2-c2c(Br)ccc(S(=O)(=O)N[C@@H]3CCN(C(=O)OC(C)(C)C)C3)c2S(=O)(=O)N(Cc2ccccc2)Cc2ccccc2)cc1. The Morgan fingerprint density at radius 3 is 2.09 bits per heavy atom. The third-order valence-electron chi connectivity index (χ3n) is 8.77. The Kier molecular flexibility index (Phi) is 12.1. The molecule has 1 saturated heterocycles. The summed E-state index contributed by atoms with van der Waals surface area (Å²) < 4.78 is 76.3. The van der Waals surface area contributed by atoms with Crippen molar-refractivity contribution in [1.29, 1.82) is 0 Å². The van der Waals surface area contributed by atoms with Gasteiger partial charge in [-0.25, -0.2) is 31.0 Å². The number of tetrazole rings is 1. The predicted octanol–water partition coefficient (Wildman–Crippen LogP) is 5.84. The fraction of sp³-hybridized carbons (Fsp3) is 0.316. The lowest BCUT2D eigenvalue weighted by atomic mass is 10.2. The van der Waals surface area contributed by atoms with Crippen LogP contribution < -0.4 is 9.46 Å². The number of benzene rings is 4. The van der Waals surface area contributed by atoms with Crippen molar-refractivity contribution in [3.05, 3.63) is 118 Å². The van der Waals surface area contributed by atoms with Crippen LogP contribution in [0.15, 0.2) is 111 Å². The number of amides is 1. The molecule has 0 spiro atoms. The number of nitrogens with one attached hydrogen (secondary N) is 1. The topological polar surface area (TPSA) is 166 Å². The van der Waals surface area contributed by atoms with Gasteiger partial charge < -0.3 is 14.4 Å². The number of methoxy groups -OCH3 is 1. The first-order valence-electron chi connectivity index (χ1n) is 17.4. The van der Waals surface area contributed by atoms with Gasteiger partial charge >= 0.3 is 6.09 Å². The molecule has 2 heterocycles. The Morgan fingerprint density at radius 1 is 0.891 bits per heavy atom. The summed E-state index contributed by atoms with van der Waals surface area (Å²) >= 11 is 3.54. The van der Waals surface area contributed by atoms with Gasteiger partial charge in [-0.3, -0.25) is 0 Å². The molecule has 0 saturated carbocycles. The number of sulfonamides is 2. The van der Waals surface area contributed by atoms with Crippen LogP contribution in [0.1, 0.15) is 43.9 Å². The monoisotopic (exact) mass is 851 g/mol. The molecule has 1 aliphatic heterocycles. The molecule has 55 heavy (non-hydrogen) atoms. The summed E-state index contributed by atoms with van der Waals surface area (Å²) in [7, 11) is -7.71. The first kappa shape index (κ1) is 40.0. The van der Waals surface area contributed by atoms with Crippen LogP contribution in [-0.4, -0.2) is 84.2 Å². The smallest absolute Gasteiger partial charge is 0.410 e.